The third-order valence-electron chi connectivity index (χ3n) is 2.31. The van der Waals surface area contributed by atoms with Gasteiger partial charge < -0.3 is 5.73 Å². The fraction of sp³-hybridized carbons (Fsp3) is 1.00. The van der Waals surface area contributed by atoms with E-state index in [0.717, 1.165) is 13.0 Å². The summed E-state index contributed by atoms with van der Waals surface area (Å²) < 4.78 is 0. The van der Waals surface area contributed by atoms with Gasteiger partial charge in [0.25, 0.3) is 0 Å². The van der Waals surface area contributed by atoms with Crippen molar-refractivity contribution in [1.82, 2.24) is 4.90 Å². The van der Waals surface area contributed by atoms with Gasteiger partial charge in [-0.05, 0) is 40.7 Å². The van der Waals surface area contributed by atoms with Crippen LogP contribution in [0.4, 0.5) is 0 Å². The molecular formula is C10H24N2. The molecular weight excluding hydrogens is 148 g/mol. The van der Waals surface area contributed by atoms with Gasteiger partial charge in [-0.2, -0.15) is 0 Å². The summed E-state index contributed by atoms with van der Waals surface area (Å²) in [7, 11) is 0. The van der Waals surface area contributed by atoms with Gasteiger partial charge in [0.15, 0.2) is 0 Å². The molecule has 0 aromatic carbocycles. The highest BCUT2D eigenvalue weighted by atomic mass is 15.2. The highest BCUT2D eigenvalue weighted by molar-refractivity contribution is 4.72. The highest BCUT2D eigenvalue weighted by Gasteiger charge is 2.15. The van der Waals surface area contributed by atoms with Crippen LogP contribution in [-0.2, 0) is 0 Å². The predicted octanol–water partition coefficient (Wildman–Crippen LogP) is 1.84. The molecule has 0 saturated carbocycles. The van der Waals surface area contributed by atoms with Crippen molar-refractivity contribution in [3.63, 3.8) is 0 Å². The molecule has 0 aromatic rings. The number of rotatable bonds is 5. The summed E-state index contributed by atoms with van der Waals surface area (Å²) in [5, 5.41) is 0. The Balaban J connectivity index is 3.94. The first-order valence-corrected chi connectivity index (χ1v) is 5.00. The van der Waals surface area contributed by atoms with E-state index < -0.39 is 0 Å². The van der Waals surface area contributed by atoms with Crippen molar-refractivity contribution in [3.8, 4) is 0 Å². The average molecular weight is 172 g/mol. The molecule has 12 heavy (non-hydrogen) atoms. The lowest BCUT2D eigenvalue weighted by Crippen LogP contribution is -2.41. The van der Waals surface area contributed by atoms with Crippen LogP contribution < -0.4 is 5.73 Å². The number of nitrogens with two attached hydrogens (primary N) is 1. The van der Waals surface area contributed by atoms with E-state index >= 15 is 0 Å². The van der Waals surface area contributed by atoms with Gasteiger partial charge in [-0.25, -0.2) is 0 Å². The molecule has 0 rings (SSSR count). The van der Waals surface area contributed by atoms with E-state index in [2.05, 4.69) is 39.5 Å². The van der Waals surface area contributed by atoms with E-state index in [9.17, 15) is 0 Å². The molecule has 0 radical (unpaired) electrons. The first kappa shape index (κ1) is 11.9. The largest absolute Gasteiger partial charge is 0.328 e. The summed E-state index contributed by atoms with van der Waals surface area (Å²) in [5.41, 5.74) is 5.76. The molecule has 2 atom stereocenters. The van der Waals surface area contributed by atoms with E-state index in [1.807, 2.05) is 0 Å². The van der Waals surface area contributed by atoms with Crippen LogP contribution >= 0.6 is 0 Å². The Morgan fingerprint density at radius 2 is 1.67 bits per heavy atom. The zero-order valence-corrected chi connectivity index (χ0v) is 9.17. The van der Waals surface area contributed by atoms with E-state index in [1.54, 1.807) is 0 Å². The van der Waals surface area contributed by atoms with Crippen molar-refractivity contribution in [2.75, 3.05) is 6.54 Å². The van der Waals surface area contributed by atoms with Crippen molar-refractivity contribution in [3.05, 3.63) is 0 Å². The summed E-state index contributed by atoms with van der Waals surface area (Å²) in [6, 6.07) is 1.55. The number of nitrogens with zero attached hydrogens (tertiary/aromatic N) is 1. The molecule has 0 fully saturated rings. The van der Waals surface area contributed by atoms with Gasteiger partial charge in [0.2, 0.25) is 0 Å². The van der Waals surface area contributed by atoms with E-state index in [4.69, 9.17) is 5.73 Å². The van der Waals surface area contributed by atoms with Gasteiger partial charge in [0, 0.05) is 18.1 Å². The Kier molecular flexibility index (Phi) is 5.51. The van der Waals surface area contributed by atoms with Crippen molar-refractivity contribution in [2.24, 2.45) is 5.73 Å². The maximum atomic E-state index is 5.76. The molecule has 0 bridgehead atoms. The van der Waals surface area contributed by atoms with Gasteiger partial charge in [-0.3, -0.25) is 4.90 Å². The summed E-state index contributed by atoms with van der Waals surface area (Å²) in [6.45, 7) is 12.1. The molecule has 2 nitrogen and oxygen atoms in total. The van der Waals surface area contributed by atoms with Crippen LogP contribution in [0.1, 0.15) is 41.0 Å². The van der Waals surface area contributed by atoms with E-state index in [0.29, 0.717) is 18.1 Å². The van der Waals surface area contributed by atoms with Crippen LogP contribution in [0.25, 0.3) is 0 Å². The van der Waals surface area contributed by atoms with Crippen LogP contribution in [0.15, 0.2) is 0 Å². The summed E-state index contributed by atoms with van der Waals surface area (Å²) >= 11 is 0. The molecule has 2 heteroatoms. The molecule has 0 amide bonds. The first-order valence-electron chi connectivity index (χ1n) is 5.00. The Bertz CT molecular complexity index is 110. The van der Waals surface area contributed by atoms with E-state index in [-0.39, 0.29) is 0 Å². The lowest BCUT2D eigenvalue weighted by Gasteiger charge is -2.32. The van der Waals surface area contributed by atoms with E-state index in [1.165, 1.54) is 0 Å². The zero-order valence-electron chi connectivity index (χ0n) is 9.17. The molecule has 2 N–H and O–H groups in total. The minimum absolute atomic E-state index is 0.313. The summed E-state index contributed by atoms with van der Waals surface area (Å²) in [6.07, 6.45) is 1.09. The fourth-order valence-corrected chi connectivity index (χ4v) is 1.86. The smallest absolute Gasteiger partial charge is 0.00841 e. The van der Waals surface area contributed by atoms with Crippen molar-refractivity contribution < 1.29 is 0 Å². The number of hydrogen-bond donors (Lipinski definition) is 1. The quantitative estimate of drug-likeness (QED) is 0.685. The molecule has 74 valence electrons. The van der Waals surface area contributed by atoms with Crippen LogP contribution in [0, 0.1) is 0 Å². The van der Waals surface area contributed by atoms with Crippen LogP contribution in [0.3, 0.4) is 0 Å². The fourth-order valence-electron chi connectivity index (χ4n) is 1.86. The third kappa shape index (κ3) is 4.07. The molecule has 0 aliphatic rings. The zero-order chi connectivity index (χ0) is 9.72. The molecule has 0 aliphatic carbocycles. The Labute approximate surface area is 77.1 Å². The van der Waals surface area contributed by atoms with Gasteiger partial charge in [0.05, 0.1) is 0 Å². The molecule has 2 unspecified atom stereocenters. The normalized spacial score (nSPS) is 17.0. The summed E-state index contributed by atoms with van der Waals surface area (Å²) in [5.74, 6) is 0. The second kappa shape index (κ2) is 5.55. The lowest BCUT2D eigenvalue weighted by atomic mass is 10.1. The van der Waals surface area contributed by atoms with Crippen LogP contribution in [0.2, 0.25) is 0 Å². The maximum absolute atomic E-state index is 5.76. The molecule has 0 heterocycles. The predicted molar refractivity (Wildman–Crippen MR) is 55.2 cm³/mol. The van der Waals surface area contributed by atoms with Crippen molar-refractivity contribution in [1.29, 1.82) is 0 Å². The molecule has 0 aliphatic heterocycles. The first-order chi connectivity index (χ1) is 5.49. The SMILES string of the molecule is CCN(C(C)C)C(C)CC(C)N. The number of hydrogen-bond acceptors (Lipinski definition) is 2. The Hall–Kier alpha value is -0.0800. The van der Waals surface area contributed by atoms with Crippen molar-refractivity contribution >= 4 is 0 Å². The Morgan fingerprint density at radius 1 is 1.17 bits per heavy atom. The van der Waals surface area contributed by atoms with Crippen LogP contribution in [-0.4, -0.2) is 29.6 Å². The second-order valence-electron chi connectivity index (χ2n) is 3.99. The van der Waals surface area contributed by atoms with Gasteiger partial charge >= 0.3 is 0 Å². The van der Waals surface area contributed by atoms with Crippen LogP contribution in [0.5, 0.6) is 0 Å². The molecule has 0 saturated heterocycles. The molecule has 0 aromatic heterocycles. The lowest BCUT2D eigenvalue weighted by molar-refractivity contribution is 0.161. The third-order valence-corrected chi connectivity index (χ3v) is 2.31. The van der Waals surface area contributed by atoms with Gasteiger partial charge in [0.1, 0.15) is 0 Å². The Morgan fingerprint density at radius 3 is 1.92 bits per heavy atom. The topological polar surface area (TPSA) is 29.3 Å². The highest BCUT2D eigenvalue weighted by Crippen LogP contribution is 2.09. The van der Waals surface area contributed by atoms with Gasteiger partial charge in [-0.15, -0.1) is 0 Å². The molecule has 0 spiro atoms. The summed E-state index contributed by atoms with van der Waals surface area (Å²) in [4.78, 5) is 2.48. The monoisotopic (exact) mass is 172 g/mol. The minimum atomic E-state index is 0.313. The minimum Gasteiger partial charge on any atom is -0.328 e. The van der Waals surface area contributed by atoms with Gasteiger partial charge in [-0.1, -0.05) is 6.92 Å². The van der Waals surface area contributed by atoms with Crippen molar-refractivity contribution in [2.45, 2.75) is 59.2 Å². The average Bonchev–Trinajstić information content (AvgIpc) is 1.85. The maximum Gasteiger partial charge on any atom is 0.00841 e. The standard InChI is InChI=1S/C10H24N2/c1-6-12(8(2)3)10(5)7-9(4)11/h8-10H,6-7,11H2,1-5H3. The second-order valence-corrected chi connectivity index (χ2v) is 3.99.